The molecule has 2 nitrogen and oxygen atoms in total. The first-order valence-corrected chi connectivity index (χ1v) is 5.33. The topological polar surface area (TPSA) is 38.0 Å². The lowest BCUT2D eigenvalue weighted by molar-refractivity contribution is -0.138. The van der Waals surface area contributed by atoms with E-state index in [0.717, 1.165) is 6.07 Å². The quantitative estimate of drug-likeness (QED) is 0.817. The Balaban J connectivity index is 2.47. The molecule has 0 saturated heterocycles. The van der Waals surface area contributed by atoms with Crippen molar-refractivity contribution in [2.45, 2.75) is 12.1 Å². The van der Waals surface area contributed by atoms with E-state index in [2.05, 4.69) is 5.32 Å². The fourth-order valence-electron chi connectivity index (χ4n) is 1.86. The number of benzene rings is 1. The van der Waals surface area contributed by atoms with E-state index < -0.39 is 11.7 Å². The van der Waals surface area contributed by atoms with Gasteiger partial charge in [-0.2, -0.15) is 13.2 Å². The standard InChI is InChI=1S/C11H10ClF3N2/c12-7-1-2-8(6-3-10(16)17-5-6)9(4-7)11(13,14)15/h1-4,6,17H,5,16H2/t6-/m1/s1. The third-order valence-electron chi connectivity index (χ3n) is 2.63. The predicted octanol–water partition coefficient (Wildman–Crippen LogP) is 2.85. The highest BCUT2D eigenvalue weighted by atomic mass is 35.5. The molecule has 92 valence electrons. The van der Waals surface area contributed by atoms with Gasteiger partial charge in [-0.25, -0.2) is 0 Å². The smallest absolute Gasteiger partial charge is 0.386 e. The Labute approximate surface area is 101 Å². The van der Waals surface area contributed by atoms with Crippen LogP contribution in [0.5, 0.6) is 0 Å². The van der Waals surface area contributed by atoms with Gasteiger partial charge in [0, 0.05) is 17.5 Å². The first kappa shape index (κ1) is 12.1. The monoisotopic (exact) mass is 262 g/mol. The Morgan fingerprint density at radius 3 is 2.59 bits per heavy atom. The maximum Gasteiger partial charge on any atom is 0.416 e. The maximum atomic E-state index is 12.8. The van der Waals surface area contributed by atoms with E-state index >= 15 is 0 Å². The number of rotatable bonds is 1. The Kier molecular flexibility index (Phi) is 2.95. The highest BCUT2D eigenvalue weighted by Gasteiger charge is 2.35. The summed E-state index contributed by atoms with van der Waals surface area (Å²) < 4.78 is 38.5. The molecule has 1 aromatic carbocycles. The highest BCUT2D eigenvalue weighted by molar-refractivity contribution is 6.30. The molecule has 1 aliphatic heterocycles. The van der Waals surface area contributed by atoms with Crippen molar-refractivity contribution in [2.24, 2.45) is 5.73 Å². The summed E-state index contributed by atoms with van der Waals surface area (Å²) in [7, 11) is 0. The fraction of sp³-hybridized carbons (Fsp3) is 0.273. The summed E-state index contributed by atoms with van der Waals surface area (Å²) in [6.45, 7) is 0.372. The van der Waals surface area contributed by atoms with Gasteiger partial charge in [0.15, 0.2) is 0 Å². The van der Waals surface area contributed by atoms with Crippen LogP contribution in [-0.2, 0) is 6.18 Å². The van der Waals surface area contributed by atoms with E-state index in [1.54, 1.807) is 6.08 Å². The maximum absolute atomic E-state index is 12.8. The van der Waals surface area contributed by atoms with Crippen molar-refractivity contribution in [3.8, 4) is 0 Å². The molecular weight excluding hydrogens is 253 g/mol. The van der Waals surface area contributed by atoms with Crippen LogP contribution in [0.25, 0.3) is 0 Å². The van der Waals surface area contributed by atoms with Gasteiger partial charge in [-0.1, -0.05) is 17.7 Å². The summed E-state index contributed by atoms with van der Waals surface area (Å²) in [5, 5.41) is 2.87. The second-order valence-corrected chi connectivity index (χ2v) is 4.28. The minimum atomic E-state index is -4.41. The molecule has 3 N–H and O–H groups in total. The van der Waals surface area contributed by atoms with Gasteiger partial charge in [0.25, 0.3) is 0 Å². The molecule has 2 rings (SSSR count). The van der Waals surface area contributed by atoms with Crippen LogP contribution < -0.4 is 11.1 Å². The molecule has 0 saturated carbocycles. The zero-order chi connectivity index (χ0) is 12.6. The van der Waals surface area contributed by atoms with Crippen LogP contribution in [0.1, 0.15) is 17.0 Å². The van der Waals surface area contributed by atoms with Crippen molar-refractivity contribution in [2.75, 3.05) is 6.54 Å². The van der Waals surface area contributed by atoms with Crippen LogP contribution in [0.4, 0.5) is 13.2 Å². The summed E-state index contributed by atoms with van der Waals surface area (Å²) in [5.41, 5.74) is 4.98. The van der Waals surface area contributed by atoms with Crippen molar-refractivity contribution < 1.29 is 13.2 Å². The molecule has 0 bridgehead atoms. The van der Waals surface area contributed by atoms with Gasteiger partial charge in [0.2, 0.25) is 0 Å². The lowest BCUT2D eigenvalue weighted by Gasteiger charge is -2.16. The van der Waals surface area contributed by atoms with E-state index in [-0.39, 0.29) is 16.5 Å². The molecule has 17 heavy (non-hydrogen) atoms. The van der Waals surface area contributed by atoms with Crippen LogP contribution in [0.2, 0.25) is 5.02 Å². The lowest BCUT2D eigenvalue weighted by Crippen LogP contribution is -2.17. The zero-order valence-corrected chi connectivity index (χ0v) is 9.44. The van der Waals surface area contributed by atoms with Crippen molar-refractivity contribution >= 4 is 11.6 Å². The molecule has 0 fully saturated rings. The Morgan fingerprint density at radius 1 is 1.35 bits per heavy atom. The first-order chi connectivity index (χ1) is 7.88. The molecule has 1 atom stereocenters. The summed E-state index contributed by atoms with van der Waals surface area (Å²) in [6.07, 6.45) is -2.83. The van der Waals surface area contributed by atoms with E-state index in [4.69, 9.17) is 17.3 Å². The minimum Gasteiger partial charge on any atom is -0.386 e. The number of nitrogens with one attached hydrogen (secondary N) is 1. The molecule has 0 aromatic heterocycles. The van der Waals surface area contributed by atoms with Gasteiger partial charge in [0.1, 0.15) is 0 Å². The number of nitrogens with two attached hydrogens (primary N) is 1. The Bertz CT molecular complexity index is 468. The summed E-state index contributed by atoms with van der Waals surface area (Å²) in [5.74, 6) is 0.0296. The minimum absolute atomic E-state index is 0.0731. The zero-order valence-electron chi connectivity index (χ0n) is 8.68. The van der Waals surface area contributed by atoms with Gasteiger partial charge in [-0.05, 0) is 23.8 Å². The second-order valence-electron chi connectivity index (χ2n) is 3.84. The summed E-state index contributed by atoms with van der Waals surface area (Å²) >= 11 is 5.60. The van der Waals surface area contributed by atoms with Gasteiger partial charge in [-0.15, -0.1) is 0 Å². The second kappa shape index (κ2) is 4.14. The average molecular weight is 263 g/mol. The van der Waals surface area contributed by atoms with Crippen LogP contribution in [0.15, 0.2) is 30.1 Å². The van der Waals surface area contributed by atoms with Gasteiger partial charge in [0.05, 0.1) is 11.4 Å². The number of alkyl halides is 3. The van der Waals surface area contributed by atoms with Crippen molar-refractivity contribution in [1.82, 2.24) is 5.32 Å². The Hall–Kier alpha value is -1.36. The third-order valence-corrected chi connectivity index (χ3v) is 2.86. The van der Waals surface area contributed by atoms with E-state index in [1.807, 2.05) is 0 Å². The number of hydrogen-bond acceptors (Lipinski definition) is 2. The van der Waals surface area contributed by atoms with Crippen molar-refractivity contribution in [3.05, 3.63) is 46.2 Å². The van der Waals surface area contributed by atoms with E-state index in [1.165, 1.54) is 12.1 Å². The van der Waals surface area contributed by atoms with Crippen LogP contribution in [0.3, 0.4) is 0 Å². The normalized spacial score (nSPS) is 20.0. The fourth-order valence-corrected chi connectivity index (χ4v) is 2.03. The largest absolute Gasteiger partial charge is 0.416 e. The van der Waals surface area contributed by atoms with Gasteiger partial charge < -0.3 is 11.1 Å². The average Bonchev–Trinajstić information content (AvgIpc) is 2.63. The summed E-state index contributed by atoms with van der Waals surface area (Å²) in [4.78, 5) is 0. The molecule has 1 aromatic rings. The molecule has 0 amide bonds. The Morgan fingerprint density at radius 2 is 2.06 bits per heavy atom. The number of hydrogen-bond donors (Lipinski definition) is 2. The van der Waals surface area contributed by atoms with Crippen molar-refractivity contribution in [3.63, 3.8) is 0 Å². The predicted molar refractivity (Wildman–Crippen MR) is 59.5 cm³/mol. The van der Waals surface area contributed by atoms with E-state index in [0.29, 0.717) is 12.4 Å². The van der Waals surface area contributed by atoms with Crippen molar-refractivity contribution in [1.29, 1.82) is 0 Å². The highest BCUT2D eigenvalue weighted by Crippen LogP contribution is 2.37. The van der Waals surface area contributed by atoms with Gasteiger partial charge >= 0.3 is 6.18 Å². The first-order valence-electron chi connectivity index (χ1n) is 4.96. The van der Waals surface area contributed by atoms with Crippen LogP contribution in [0, 0.1) is 0 Å². The molecule has 0 radical (unpaired) electrons. The molecule has 1 aliphatic rings. The molecule has 0 unspecified atom stereocenters. The van der Waals surface area contributed by atoms with Crippen LogP contribution in [-0.4, -0.2) is 6.54 Å². The van der Waals surface area contributed by atoms with E-state index in [9.17, 15) is 13.2 Å². The van der Waals surface area contributed by atoms with Gasteiger partial charge in [-0.3, -0.25) is 0 Å². The number of halogens is 4. The third kappa shape index (κ3) is 2.49. The lowest BCUT2D eigenvalue weighted by atomic mass is 9.95. The molecule has 0 aliphatic carbocycles. The molecular formula is C11H10ClF3N2. The summed E-state index contributed by atoms with van der Waals surface area (Å²) in [6, 6.07) is 3.79. The molecule has 0 spiro atoms. The SMILES string of the molecule is NC1=C[C@@H](c2ccc(Cl)cc2C(F)(F)F)CN1. The molecule has 6 heteroatoms. The molecule has 1 heterocycles. The van der Waals surface area contributed by atoms with Crippen LogP contribution >= 0.6 is 11.6 Å².